The van der Waals surface area contributed by atoms with Gasteiger partial charge in [-0.1, -0.05) is 41.4 Å². The molecule has 0 aromatic heterocycles. The van der Waals surface area contributed by atoms with Crippen LogP contribution in [0.15, 0.2) is 42.5 Å². The first-order valence-electron chi connectivity index (χ1n) is 8.61. The lowest BCUT2D eigenvalue weighted by Crippen LogP contribution is -2.21. The standard InChI is InChI=1S/C20H20Cl2N2O4/c1-13-9-10-14(11-16(13)22)23-19(26)12-28-20(27)8-4-7-18(25)24-17-6-3-2-5-15(17)21/h2-3,5-6,9-11H,4,7-8,12H2,1H3,(H,23,26)(H,24,25). The van der Waals surface area contributed by atoms with E-state index in [1.54, 1.807) is 42.5 Å². The predicted molar refractivity (Wildman–Crippen MR) is 110 cm³/mol. The van der Waals surface area contributed by atoms with Crippen molar-refractivity contribution < 1.29 is 19.1 Å². The molecule has 0 aliphatic rings. The van der Waals surface area contributed by atoms with Gasteiger partial charge in [0.05, 0.1) is 10.7 Å². The van der Waals surface area contributed by atoms with Crippen LogP contribution in [-0.2, 0) is 19.1 Å². The summed E-state index contributed by atoms with van der Waals surface area (Å²) in [7, 11) is 0. The van der Waals surface area contributed by atoms with E-state index in [1.165, 1.54) is 0 Å². The molecule has 0 aliphatic carbocycles. The van der Waals surface area contributed by atoms with Crippen LogP contribution in [0.25, 0.3) is 0 Å². The highest BCUT2D eigenvalue weighted by Gasteiger charge is 2.11. The van der Waals surface area contributed by atoms with Crippen LogP contribution in [0.1, 0.15) is 24.8 Å². The van der Waals surface area contributed by atoms with Gasteiger partial charge in [-0.2, -0.15) is 0 Å². The van der Waals surface area contributed by atoms with Gasteiger partial charge < -0.3 is 15.4 Å². The number of hydrogen-bond acceptors (Lipinski definition) is 4. The van der Waals surface area contributed by atoms with E-state index in [4.69, 9.17) is 27.9 Å². The molecule has 0 radical (unpaired) electrons. The number of esters is 1. The van der Waals surface area contributed by atoms with Crippen molar-refractivity contribution in [2.45, 2.75) is 26.2 Å². The second-order valence-corrected chi connectivity index (χ2v) is 6.87. The Morgan fingerprint density at radius 3 is 2.39 bits per heavy atom. The Kier molecular flexibility index (Phi) is 8.29. The third-order valence-corrected chi connectivity index (χ3v) is 4.49. The summed E-state index contributed by atoms with van der Waals surface area (Å²) in [6.07, 6.45) is 0.457. The summed E-state index contributed by atoms with van der Waals surface area (Å²) >= 11 is 12.0. The molecule has 2 aromatic carbocycles. The van der Waals surface area contributed by atoms with E-state index in [0.717, 1.165) is 5.56 Å². The molecule has 0 saturated heterocycles. The van der Waals surface area contributed by atoms with Gasteiger partial charge in [0.25, 0.3) is 5.91 Å². The fourth-order valence-corrected chi connectivity index (χ4v) is 2.62. The predicted octanol–water partition coefficient (Wildman–Crippen LogP) is 4.59. The van der Waals surface area contributed by atoms with E-state index in [9.17, 15) is 14.4 Å². The Morgan fingerprint density at radius 1 is 0.929 bits per heavy atom. The van der Waals surface area contributed by atoms with Crippen molar-refractivity contribution in [2.24, 2.45) is 0 Å². The fraction of sp³-hybridized carbons (Fsp3) is 0.250. The number of hydrogen-bond donors (Lipinski definition) is 2. The third-order valence-electron chi connectivity index (χ3n) is 3.75. The van der Waals surface area contributed by atoms with Crippen LogP contribution in [0, 0.1) is 6.92 Å². The molecule has 6 nitrogen and oxygen atoms in total. The first-order valence-corrected chi connectivity index (χ1v) is 9.37. The van der Waals surface area contributed by atoms with Crippen molar-refractivity contribution in [3.8, 4) is 0 Å². The minimum absolute atomic E-state index is 0.0274. The van der Waals surface area contributed by atoms with Crippen LogP contribution < -0.4 is 10.6 Å². The maximum atomic E-state index is 11.9. The summed E-state index contributed by atoms with van der Waals surface area (Å²) in [5.74, 6) is -1.28. The van der Waals surface area contributed by atoms with Gasteiger partial charge in [-0.15, -0.1) is 0 Å². The molecular weight excluding hydrogens is 403 g/mol. The minimum Gasteiger partial charge on any atom is -0.456 e. The highest BCUT2D eigenvalue weighted by Crippen LogP contribution is 2.21. The lowest BCUT2D eigenvalue weighted by molar-refractivity contribution is -0.147. The van der Waals surface area contributed by atoms with Gasteiger partial charge in [-0.3, -0.25) is 14.4 Å². The number of benzene rings is 2. The number of nitrogens with one attached hydrogen (secondary N) is 2. The average molecular weight is 423 g/mol. The molecule has 2 N–H and O–H groups in total. The van der Waals surface area contributed by atoms with Gasteiger partial charge in [0, 0.05) is 23.6 Å². The molecule has 0 fully saturated rings. The first-order chi connectivity index (χ1) is 13.3. The zero-order valence-electron chi connectivity index (χ0n) is 15.3. The van der Waals surface area contributed by atoms with E-state index < -0.39 is 18.5 Å². The van der Waals surface area contributed by atoms with Gasteiger partial charge in [0.2, 0.25) is 5.91 Å². The van der Waals surface area contributed by atoms with Crippen molar-refractivity contribution in [1.29, 1.82) is 0 Å². The molecule has 0 bridgehead atoms. The lowest BCUT2D eigenvalue weighted by atomic mass is 10.2. The van der Waals surface area contributed by atoms with Gasteiger partial charge in [0.1, 0.15) is 0 Å². The van der Waals surface area contributed by atoms with E-state index in [0.29, 0.717) is 27.8 Å². The second kappa shape index (κ2) is 10.7. The van der Waals surface area contributed by atoms with Crippen molar-refractivity contribution in [2.75, 3.05) is 17.2 Å². The first kappa shape index (κ1) is 21.7. The number of para-hydroxylation sites is 1. The van der Waals surface area contributed by atoms with Crippen LogP contribution in [0.3, 0.4) is 0 Å². The van der Waals surface area contributed by atoms with Crippen molar-refractivity contribution in [3.05, 3.63) is 58.1 Å². The Morgan fingerprint density at radius 2 is 1.68 bits per heavy atom. The fourth-order valence-electron chi connectivity index (χ4n) is 2.25. The maximum Gasteiger partial charge on any atom is 0.306 e. The number of carbonyl (C=O) groups is 3. The highest BCUT2D eigenvalue weighted by atomic mass is 35.5. The number of anilines is 2. The molecular formula is C20H20Cl2N2O4. The maximum absolute atomic E-state index is 11.9. The molecule has 2 rings (SSSR count). The summed E-state index contributed by atoms with van der Waals surface area (Å²) in [5.41, 5.74) is 1.93. The summed E-state index contributed by atoms with van der Waals surface area (Å²) in [6, 6.07) is 12.0. The Labute approximate surface area is 173 Å². The zero-order valence-corrected chi connectivity index (χ0v) is 16.8. The molecule has 2 amide bonds. The quantitative estimate of drug-likeness (QED) is 0.609. The van der Waals surface area contributed by atoms with E-state index >= 15 is 0 Å². The summed E-state index contributed by atoms with van der Waals surface area (Å²) in [4.78, 5) is 35.4. The van der Waals surface area contributed by atoms with Crippen molar-refractivity contribution in [1.82, 2.24) is 0 Å². The molecule has 28 heavy (non-hydrogen) atoms. The number of ether oxygens (including phenoxy) is 1. The monoisotopic (exact) mass is 422 g/mol. The summed E-state index contributed by atoms with van der Waals surface area (Å²) < 4.78 is 4.91. The Balaban J connectivity index is 1.65. The van der Waals surface area contributed by atoms with Gasteiger partial charge in [-0.25, -0.2) is 0 Å². The normalized spacial score (nSPS) is 10.2. The topological polar surface area (TPSA) is 84.5 Å². The highest BCUT2D eigenvalue weighted by molar-refractivity contribution is 6.33. The van der Waals surface area contributed by atoms with Crippen LogP contribution in [0.2, 0.25) is 10.0 Å². The van der Waals surface area contributed by atoms with Crippen molar-refractivity contribution >= 4 is 52.4 Å². The Hall–Kier alpha value is -2.57. The Bertz CT molecular complexity index is 871. The SMILES string of the molecule is Cc1ccc(NC(=O)COC(=O)CCCC(=O)Nc2ccccc2Cl)cc1Cl. The summed E-state index contributed by atoms with van der Waals surface area (Å²) in [5, 5.41) is 6.24. The van der Waals surface area contributed by atoms with Gasteiger partial charge in [-0.05, 0) is 43.2 Å². The molecule has 148 valence electrons. The molecule has 0 unspecified atom stereocenters. The third kappa shape index (κ3) is 7.21. The smallest absolute Gasteiger partial charge is 0.306 e. The van der Waals surface area contributed by atoms with Crippen LogP contribution in [0.4, 0.5) is 11.4 Å². The molecule has 0 heterocycles. The number of amides is 2. The van der Waals surface area contributed by atoms with Crippen molar-refractivity contribution in [3.63, 3.8) is 0 Å². The molecule has 0 saturated carbocycles. The van der Waals surface area contributed by atoms with E-state index in [1.807, 2.05) is 6.92 Å². The van der Waals surface area contributed by atoms with Crippen LogP contribution in [-0.4, -0.2) is 24.4 Å². The lowest BCUT2D eigenvalue weighted by Gasteiger charge is -2.08. The number of carbonyl (C=O) groups excluding carboxylic acids is 3. The number of halogens is 2. The second-order valence-electron chi connectivity index (χ2n) is 6.05. The van der Waals surface area contributed by atoms with Crippen LogP contribution in [0.5, 0.6) is 0 Å². The molecule has 0 spiro atoms. The molecule has 2 aromatic rings. The molecule has 8 heteroatoms. The minimum atomic E-state index is -0.553. The number of aryl methyl sites for hydroxylation is 1. The van der Waals surface area contributed by atoms with Crippen LogP contribution >= 0.6 is 23.2 Å². The van der Waals surface area contributed by atoms with E-state index in [2.05, 4.69) is 10.6 Å². The zero-order chi connectivity index (χ0) is 20.5. The average Bonchev–Trinajstić information content (AvgIpc) is 2.65. The largest absolute Gasteiger partial charge is 0.456 e. The van der Waals surface area contributed by atoms with Gasteiger partial charge in [0.15, 0.2) is 6.61 Å². The van der Waals surface area contributed by atoms with E-state index in [-0.39, 0.29) is 18.7 Å². The van der Waals surface area contributed by atoms with Gasteiger partial charge >= 0.3 is 5.97 Å². The molecule has 0 atom stereocenters. The number of rotatable bonds is 8. The molecule has 0 aliphatic heterocycles. The summed E-state index contributed by atoms with van der Waals surface area (Å²) in [6.45, 7) is 1.45.